The molecule has 0 atom stereocenters. The van der Waals surface area contributed by atoms with Crippen LogP contribution < -0.4 is 10.6 Å². The third-order valence-electron chi connectivity index (χ3n) is 4.59. The second-order valence-electron chi connectivity index (χ2n) is 6.66. The van der Waals surface area contributed by atoms with E-state index in [1.54, 1.807) is 0 Å². The van der Waals surface area contributed by atoms with Gasteiger partial charge in [-0.1, -0.05) is 13.8 Å². The summed E-state index contributed by atoms with van der Waals surface area (Å²) in [4.78, 5) is 11.7. The minimum absolute atomic E-state index is 0.171. The van der Waals surface area contributed by atoms with Crippen molar-refractivity contribution in [3.8, 4) is 0 Å². The number of rotatable bonds is 5. The Labute approximate surface area is 121 Å². The summed E-state index contributed by atoms with van der Waals surface area (Å²) in [7, 11) is 0. The van der Waals surface area contributed by atoms with Crippen LogP contribution >= 0.6 is 0 Å². The first-order chi connectivity index (χ1) is 9.61. The van der Waals surface area contributed by atoms with Crippen molar-refractivity contribution in [1.29, 1.82) is 0 Å². The molecule has 2 saturated carbocycles. The van der Waals surface area contributed by atoms with Crippen molar-refractivity contribution in [2.75, 3.05) is 10.6 Å². The van der Waals surface area contributed by atoms with Gasteiger partial charge in [0.1, 0.15) is 0 Å². The molecule has 0 heterocycles. The van der Waals surface area contributed by atoms with Crippen molar-refractivity contribution in [1.82, 2.24) is 0 Å². The molecule has 1 aromatic carbocycles. The Morgan fingerprint density at radius 3 is 2.25 bits per heavy atom. The van der Waals surface area contributed by atoms with Crippen molar-refractivity contribution in [2.24, 2.45) is 17.8 Å². The van der Waals surface area contributed by atoms with Crippen molar-refractivity contribution in [3.63, 3.8) is 0 Å². The van der Waals surface area contributed by atoms with Gasteiger partial charge in [0.25, 0.3) is 0 Å². The molecule has 3 rings (SSSR count). The van der Waals surface area contributed by atoms with Gasteiger partial charge < -0.3 is 10.6 Å². The minimum Gasteiger partial charge on any atom is -0.382 e. The molecule has 0 bridgehead atoms. The third kappa shape index (κ3) is 3.14. The summed E-state index contributed by atoms with van der Waals surface area (Å²) < 4.78 is 0. The Morgan fingerprint density at radius 1 is 1.10 bits per heavy atom. The molecule has 0 radical (unpaired) electrons. The van der Waals surface area contributed by atoms with Gasteiger partial charge in [0.05, 0.1) is 0 Å². The van der Waals surface area contributed by atoms with Crippen LogP contribution in [0.4, 0.5) is 11.4 Å². The predicted octanol–water partition coefficient (Wildman–Crippen LogP) is 3.88. The number of benzene rings is 1. The van der Waals surface area contributed by atoms with Crippen LogP contribution in [0.3, 0.4) is 0 Å². The van der Waals surface area contributed by atoms with Gasteiger partial charge in [-0.05, 0) is 61.8 Å². The molecule has 0 aromatic heterocycles. The summed E-state index contributed by atoms with van der Waals surface area (Å²) in [5, 5.41) is 6.53. The molecular weight excluding hydrogens is 248 g/mol. The highest BCUT2D eigenvalue weighted by molar-refractivity contribution is 5.94. The van der Waals surface area contributed by atoms with Crippen LogP contribution in [0.2, 0.25) is 0 Å². The lowest BCUT2D eigenvalue weighted by Gasteiger charge is -2.39. The molecule has 3 nitrogen and oxygen atoms in total. The predicted molar refractivity (Wildman–Crippen MR) is 82.8 cm³/mol. The summed E-state index contributed by atoms with van der Waals surface area (Å²) >= 11 is 0. The molecule has 2 aliphatic carbocycles. The van der Waals surface area contributed by atoms with E-state index in [0.717, 1.165) is 36.1 Å². The van der Waals surface area contributed by atoms with Crippen molar-refractivity contribution < 1.29 is 4.79 Å². The smallest absolute Gasteiger partial charge is 0.227 e. The SMILES string of the molecule is CC(C)C1CC(Nc2ccc(NC(=O)C3CC3)cc2)C1. The average molecular weight is 272 g/mol. The van der Waals surface area contributed by atoms with E-state index in [0.29, 0.717) is 6.04 Å². The molecule has 2 fully saturated rings. The van der Waals surface area contributed by atoms with Gasteiger partial charge in [0.2, 0.25) is 5.91 Å². The fraction of sp³-hybridized carbons (Fsp3) is 0.588. The van der Waals surface area contributed by atoms with E-state index >= 15 is 0 Å². The zero-order chi connectivity index (χ0) is 14.1. The van der Waals surface area contributed by atoms with E-state index < -0.39 is 0 Å². The molecule has 0 saturated heterocycles. The molecule has 0 unspecified atom stereocenters. The highest BCUT2D eigenvalue weighted by atomic mass is 16.2. The van der Waals surface area contributed by atoms with E-state index in [-0.39, 0.29) is 11.8 Å². The molecule has 0 spiro atoms. The summed E-state index contributed by atoms with van der Waals surface area (Å²) in [5.74, 6) is 2.11. The largest absolute Gasteiger partial charge is 0.382 e. The average Bonchev–Trinajstić information content (AvgIpc) is 3.18. The fourth-order valence-corrected chi connectivity index (χ4v) is 2.80. The molecule has 3 heteroatoms. The van der Waals surface area contributed by atoms with Crippen LogP contribution in [0.5, 0.6) is 0 Å². The third-order valence-corrected chi connectivity index (χ3v) is 4.59. The van der Waals surface area contributed by atoms with Crippen LogP contribution in [0.1, 0.15) is 39.5 Å². The maximum Gasteiger partial charge on any atom is 0.227 e. The summed E-state index contributed by atoms with van der Waals surface area (Å²) in [6.07, 6.45) is 4.64. The van der Waals surface area contributed by atoms with E-state index in [2.05, 4.69) is 36.6 Å². The number of hydrogen-bond donors (Lipinski definition) is 2. The monoisotopic (exact) mass is 272 g/mol. The van der Waals surface area contributed by atoms with Gasteiger partial charge in [-0.25, -0.2) is 0 Å². The van der Waals surface area contributed by atoms with Crippen LogP contribution in [0, 0.1) is 17.8 Å². The van der Waals surface area contributed by atoms with Gasteiger partial charge in [0, 0.05) is 23.3 Å². The minimum atomic E-state index is 0.171. The van der Waals surface area contributed by atoms with Gasteiger partial charge in [-0.15, -0.1) is 0 Å². The fourth-order valence-electron chi connectivity index (χ4n) is 2.80. The second kappa shape index (κ2) is 5.47. The molecular formula is C17H24N2O. The maximum absolute atomic E-state index is 11.7. The first-order valence-electron chi connectivity index (χ1n) is 7.79. The van der Waals surface area contributed by atoms with Gasteiger partial charge in [-0.2, -0.15) is 0 Å². The molecule has 0 aliphatic heterocycles. The van der Waals surface area contributed by atoms with Crippen molar-refractivity contribution in [2.45, 2.75) is 45.6 Å². The Kier molecular flexibility index (Phi) is 3.68. The Morgan fingerprint density at radius 2 is 1.70 bits per heavy atom. The lowest BCUT2D eigenvalue weighted by Crippen LogP contribution is -2.37. The van der Waals surface area contributed by atoms with Gasteiger partial charge >= 0.3 is 0 Å². The molecule has 2 aliphatic rings. The molecule has 108 valence electrons. The number of hydrogen-bond acceptors (Lipinski definition) is 2. The topological polar surface area (TPSA) is 41.1 Å². The lowest BCUT2D eigenvalue weighted by atomic mass is 9.73. The van der Waals surface area contributed by atoms with E-state index in [4.69, 9.17) is 0 Å². The lowest BCUT2D eigenvalue weighted by molar-refractivity contribution is -0.117. The van der Waals surface area contributed by atoms with Crippen LogP contribution in [0.15, 0.2) is 24.3 Å². The van der Waals surface area contributed by atoms with E-state index in [9.17, 15) is 4.79 Å². The van der Waals surface area contributed by atoms with Gasteiger partial charge in [-0.3, -0.25) is 4.79 Å². The molecule has 20 heavy (non-hydrogen) atoms. The number of carbonyl (C=O) groups is 1. The number of carbonyl (C=O) groups excluding carboxylic acids is 1. The van der Waals surface area contributed by atoms with Crippen LogP contribution in [-0.4, -0.2) is 11.9 Å². The van der Waals surface area contributed by atoms with Crippen LogP contribution in [-0.2, 0) is 4.79 Å². The normalized spacial score (nSPS) is 25.1. The summed E-state index contributed by atoms with van der Waals surface area (Å²) in [5.41, 5.74) is 2.06. The highest BCUT2D eigenvalue weighted by Gasteiger charge is 2.31. The zero-order valence-electron chi connectivity index (χ0n) is 12.4. The first-order valence-corrected chi connectivity index (χ1v) is 7.79. The first kappa shape index (κ1) is 13.5. The van der Waals surface area contributed by atoms with Gasteiger partial charge in [0.15, 0.2) is 0 Å². The second-order valence-corrected chi connectivity index (χ2v) is 6.66. The van der Waals surface area contributed by atoms with Crippen molar-refractivity contribution >= 4 is 17.3 Å². The van der Waals surface area contributed by atoms with Crippen LogP contribution in [0.25, 0.3) is 0 Å². The Balaban J connectivity index is 1.48. The maximum atomic E-state index is 11.7. The number of anilines is 2. The molecule has 1 amide bonds. The molecule has 1 aromatic rings. The molecule has 2 N–H and O–H groups in total. The Bertz CT molecular complexity index is 470. The quantitative estimate of drug-likeness (QED) is 0.854. The van der Waals surface area contributed by atoms with Crippen molar-refractivity contribution in [3.05, 3.63) is 24.3 Å². The summed E-state index contributed by atoms with van der Waals surface area (Å²) in [6.45, 7) is 4.61. The number of amides is 1. The number of nitrogens with one attached hydrogen (secondary N) is 2. The van der Waals surface area contributed by atoms with E-state index in [1.807, 2.05) is 12.1 Å². The zero-order valence-corrected chi connectivity index (χ0v) is 12.4. The highest BCUT2D eigenvalue weighted by Crippen LogP contribution is 2.35. The summed E-state index contributed by atoms with van der Waals surface area (Å²) in [6, 6.07) is 8.72. The Hall–Kier alpha value is -1.51. The van der Waals surface area contributed by atoms with E-state index in [1.165, 1.54) is 12.8 Å². The standard InChI is InChI=1S/C17H24N2O/c1-11(2)13-9-16(10-13)18-14-5-7-15(8-6-14)19-17(20)12-3-4-12/h5-8,11-13,16,18H,3-4,9-10H2,1-2H3,(H,19,20).